The highest BCUT2D eigenvalue weighted by Gasteiger charge is 2.46. The predicted molar refractivity (Wildman–Crippen MR) is 603 cm³/mol. The molecule has 0 atom stereocenters. The van der Waals surface area contributed by atoms with E-state index in [9.17, 15) is 0 Å². The summed E-state index contributed by atoms with van der Waals surface area (Å²) in [7, 11) is -5.73. The molecule has 6 heterocycles. The molecule has 6 aromatic heterocycles. The van der Waals surface area contributed by atoms with E-state index in [1.807, 2.05) is 6.07 Å². The lowest BCUT2D eigenvalue weighted by atomic mass is 9.97. The van der Waals surface area contributed by atoms with E-state index < -0.39 is 16.1 Å². The van der Waals surface area contributed by atoms with E-state index >= 15 is 0 Å². The molecular formula is C132H89BrN4O2Si2. The van der Waals surface area contributed by atoms with E-state index in [1.165, 1.54) is 184 Å². The third kappa shape index (κ3) is 14.3. The first-order valence-electron chi connectivity index (χ1n) is 48.2. The Kier molecular flexibility index (Phi) is 21.0. The Morgan fingerprint density at radius 1 is 0.177 bits per heavy atom. The van der Waals surface area contributed by atoms with Crippen LogP contribution in [-0.4, -0.2) is 34.8 Å². The lowest BCUT2D eigenvalue weighted by Gasteiger charge is -2.34. The maximum Gasteiger partial charge on any atom is 0.184 e. The lowest BCUT2D eigenvalue weighted by molar-refractivity contribution is 0.671. The molecule has 0 radical (unpaired) electrons. The number of benzene rings is 22. The molecule has 0 saturated heterocycles. The molecule has 6 nitrogen and oxygen atoms in total. The van der Waals surface area contributed by atoms with Crippen LogP contribution in [0.15, 0.2) is 547 Å². The number of hydrogen-bond donors (Lipinski definition) is 1. The van der Waals surface area contributed by atoms with E-state index in [0.29, 0.717) is 0 Å². The molecular weight excluding hydrogens is 1810 g/mol. The van der Waals surface area contributed by atoms with Gasteiger partial charge in [0.25, 0.3) is 0 Å². The lowest BCUT2D eigenvalue weighted by Crippen LogP contribution is -2.74. The Morgan fingerprint density at radius 3 is 0.887 bits per heavy atom. The van der Waals surface area contributed by atoms with Gasteiger partial charge >= 0.3 is 0 Å². The van der Waals surface area contributed by atoms with Crippen LogP contribution >= 0.6 is 15.9 Å². The number of furan rings is 2. The second-order valence-corrected chi connectivity index (χ2v) is 45.1. The standard InChI is InChI=1S/C66H44N2OSi.C36H24N2.C30H21BrOSi/c1-3-24-51(25-4-1)70(52-26-5-2-6-27-52,65-38-18-33-58-57-32-10-14-37-64(57)69-66(58)65)53-28-17-23-50(44-53)68-62-36-13-9-31-56(62)59-43-48(39-40-63(59)68)46-20-15-19-45(41-46)47-21-16-22-49(42-47)67-60-34-11-7-29-54(60)55-30-8-12-35-61(55)67;1-4-16-33-29(13-1)32-23-27(19-20-34(32)37-33)25-10-7-9-24(21-25)26-11-8-12-28(22-26)38-35-17-5-2-14-30(35)31-15-3-6-18-36(31)38;31-22-11-9-16-25(21-22)33(23-12-3-1-4-13-23,24-14-5-2-6-15-24)29-20-10-18-27-26-17-7-8-19-28(26)32-30(27)29/h1-44H;1-23,37H;1-21H. The quantitative estimate of drug-likeness (QED) is 0.0821. The van der Waals surface area contributed by atoms with Crippen molar-refractivity contribution in [2.45, 2.75) is 0 Å². The smallest absolute Gasteiger partial charge is 0.184 e. The molecule has 1 N–H and O–H groups in total. The minimum atomic E-state index is -3.05. The Balaban J connectivity index is 0.000000120. The second-order valence-electron chi connectivity index (χ2n) is 36.6. The van der Waals surface area contributed by atoms with Crippen molar-refractivity contribution in [2.24, 2.45) is 0 Å². The van der Waals surface area contributed by atoms with E-state index in [-0.39, 0.29) is 0 Å². The molecule has 664 valence electrons. The highest BCUT2D eigenvalue weighted by Crippen LogP contribution is 2.42. The molecule has 0 aliphatic carbocycles. The largest absolute Gasteiger partial charge is 0.456 e. The van der Waals surface area contributed by atoms with Gasteiger partial charge in [-0.25, -0.2) is 0 Å². The summed E-state index contributed by atoms with van der Waals surface area (Å²) >= 11 is 3.75. The molecule has 9 heteroatoms. The van der Waals surface area contributed by atoms with Crippen LogP contribution in [0.4, 0.5) is 0 Å². The summed E-state index contributed by atoms with van der Waals surface area (Å²) in [6.45, 7) is 0. The number of nitrogens with zero attached hydrogens (tertiary/aromatic N) is 3. The Bertz CT molecular complexity index is 9500. The maximum atomic E-state index is 6.93. The molecule has 0 aliphatic heterocycles. The van der Waals surface area contributed by atoms with E-state index in [0.717, 1.165) is 54.3 Å². The fraction of sp³-hybridized carbons (Fsp3) is 0. The normalized spacial score (nSPS) is 11.9. The zero-order valence-electron chi connectivity index (χ0n) is 76.8. The van der Waals surface area contributed by atoms with Gasteiger partial charge in [-0.2, -0.15) is 0 Å². The van der Waals surface area contributed by atoms with Crippen LogP contribution in [0.3, 0.4) is 0 Å². The van der Waals surface area contributed by atoms with Gasteiger partial charge in [0, 0.05) is 97.2 Å². The number of hydrogen-bond acceptors (Lipinski definition) is 2. The average Bonchev–Trinajstić information content (AvgIpc) is 1.70. The summed E-state index contributed by atoms with van der Waals surface area (Å²) in [4.78, 5) is 3.54. The highest BCUT2D eigenvalue weighted by atomic mass is 79.9. The number of aromatic nitrogens is 4. The minimum absolute atomic E-state index is 0.906. The minimum Gasteiger partial charge on any atom is -0.456 e. The van der Waals surface area contributed by atoms with Gasteiger partial charge in [0.2, 0.25) is 0 Å². The van der Waals surface area contributed by atoms with E-state index in [2.05, 4.69) is 562 Å². The van der Waals surface area contributed by atoms with Crippen LogP contribution < -0.4 is 41.5 Å². The zero-order chi connectivity index (χ0) is 93.5. The Morgan fingerprint density at radius 2 is 0.461 bits per heavy atom. The maximum absolute atomic E-state index is 6.93. The molecule has 0 saturated carbocycles. The summed E-state index contributed by atoms with van der Waals surface area (Å²) in [6.07, 6.45) is 0. The molecule has 0 amide bonds. The SMILES string of the molecule is Brc1cccc([Si](c2ccccc2)(c2ccccc2)c2cccc3c2oc2ccccc23)c1.c1cc(-c2cccc(-n3c4ccccc4c4ccccc43)c2)cc(-c2ccc3[nH]c4ccccc4c3c2)c1.c1ccc([Si](c2ccccc2)(c2cccc(-n3c4ccccc4c4cc(-c5cccc(-c6cccc(-n7c8ccccc8c8ccccc87)c6)c5)ccc43)c2)c2cccc3c2oc2ccccc23)cc1. The van der Waals surface area contributed by atoms with E-state index in [4.69, 9.17) is 8.83 Å². The summed E-state index contributed by atoms with van der Waals surface area (Å²) in [6, 6.07) is 194. The number of rotatable bonds is 15. The molecule has 0 aliphatic rings. The van der Waals surface area contributed by atoms with Crippen LogP contribution in [-0.2, 0) is 0 Å². The van der Waals surface area contributed by atoms with Crippen molar-refractivity contribution >= 4 is 205 Å². The fourth-order valence-corrected chi connectivity index (χ4v) is 33.1. The number of fused-ring (bicyclic) bond motifs is 18. The van der Waals surface area contributed by atoms with Crippen molar-refractivity contribution in [1.29, 1.82) is 0 Å². The van der Waals surface area contributed by atoms with Crippen molar-refractivity contribution in [3.8, 4) is 61.6 Å². The van der Waals surface area contributed by atoms with Gasteiger partial charge in [-0.3, -0.25) is 0 Å². The summed E-state index contributed by atoms with van der Waals surface area (Å²) in [5, 5.41) is 25.1. The van der Waals surface area contributed by atoms with Gasteiger partial charge in [0.15, 0.2) is 16.1 Å². The van der Waals surface area contributed by atoms with Crippen LogP contribution in [0, 0.1) is 0 Å². The van der Waals surface area contributed by atoms with E-state index in [1.54, 1.807) is 0 Å². The molecule has 0 spiro atoms. The topological polar surface area (TPSA) is 56.9 Å². The fourth-order valence-electron chi connectivity index (χ4n) is 22.6. The van der Waals surface area contributed by atoms with Gasteiger partial charge in [-0.1, -0.05) is 416 Å². The molecule has 28 aromatic rings. The van der Waals surface area contributed by atoms with Crippen molar-refractivity contribution < 1.29 is 8.83 Å². The first kappa shape index (κ1) is 84.1. The van der Waals surface area contributed by atoms with Crippen LogP contribution in [0.5, 0.6) is 0 Å². The van der Waals surface area contributed by atoms with Crippen molar-refractivity contribution in [1.82, 2.24) is 18.7 Å². The molecule has 0 fully saturated rings. The summed E-state index contributed by atoms with van der Waals surface area (Å²) in [5.74, 6) is 0. The number of aromatic amines is 1. The van der Waals surface area contributed by atoms with Crippen LogP contribution in [0.25, 0.3) is 193 Å². The Hall–Kier alpha value is -17.4. The molecule has 22 aromatic carbocycles. The monoisotopic (exact) mass is 1900 g/mol. The first-order chi connectivity index (χ1) is 69.8. The van der Waals surface area contributed by atoms with Crippen LogP contribution in [0.2, 0.25) is 0 Å². The Labute approximate surface area is 825 Å². The van der Waals surface area contributed by atoms with Gasteiger partial charge in [-0.05, 0) is 219 Å². The molecule has 0 unspecified atom stereocenters. The number of halogens is 1. The van der Waals surface area contributed by atoms with Gasteiger partial charge in [0.1, 0.15) is 22.3 Å². The first-order valence-corrected chi connectivity index (χ1v) is 53.0. The van der Waals surface area contributed by atoms with Gasteiger partial charge in [-0.15, -0.1) is 0 Å². The zero-order valence-corrected chi connectivity index (χ0v) is 80.4. The molecule has 28 rings (SSSR count). The predicted octanol–water partition coefficient (Wildman–Crippen LogP) is 30.0. The summed E-state index contributed by atoms with van der Waals surface area (Å²) in [5.41, 5.74) is 26.4. The summed E-state index contributed by atoms with van der Waals surface area (Å²) < 4.78 is 21.9. The molecule has 0 bridgehead atoms. The average molecular weight is 1900 g/mol. The number of nitrogens with one attached hydrogen (secondary N) is 1. The van der Waals surface area contributed by atoms with Gasteiger partial charge < -0.3 is 27.5 Å². The number of para-hydroxylation sites is 10. The number of H-pyrrole nitrogens is 1. The van der Waals surface area contributed by atoms with Crippen molar-refractivity contribution in [2.75, 3.05) is 0 Å². The third-order valence-electron chi connectivity index (χ3n) is 28.8. The van der Waals surface area contributed by atoms with Crippen molar-refractivity contribution in [3.63, 3.8) is 0 Å². The van der Waals surface area contributed by atoms with Crippen molar-refractivity contribution in [3.05, 3.63) is 538 Å². The highest BCUT2D eigenvalue weighted by molar-refractivity contribution is 9.10. The second kappa shape index (κ2) is 35.3. The third-order valence-corrected chi connectivity index (χ3v) is 38.9. The van der Waals surface area contributed by atoms with Crippen LogP contribution in [0.1, 0.15) is 0 Å². The molecule has 141 heavy (non-hydrogen) atoms. The van der Waals surface area contributed by atoms with Gasteiger partial charge in [0.05, 0.1) is 33.1 Å².